The number of nitrogens with two attached hydrogens (primary N) is 1. The van der Waals surface area contributed by atoms with Crippen molar-refractivity contribution in [3.63, 3.8) is 0 Å². The van der Waals surface area contributed by atoms with Crippen LogP contribution in [0.2, 0.25) is 0 Å². The van der Waals surface area contributed by atoms with E-state index in [1.165, 1.54) is 5.56 Å². The van der Waals surface area contributed by atoms with Gasteiger partial charge in [-0.2, -0.15) is 0 Å². The Morgan fingerprint density at radius 1 is 1.17 bits per heavy atom. The minimum Gasteiger partial charge on any atom is -0.494 e. The average molecular weight is 250 g/mol. The number of ether oxygens (including phenoxy) is 1. The molecule has 1 aromatic rings. The smallest absolute Gasteiger partial charge is 0.119 e. The maximum absolute atomic E-state index is 5.98. The summed E-state index contributed by atoms with van der Waals surface area (Å²) in [6.07, 6.45) is 0.879. The van der Waals surface area contributed by atoms with Crippen molar-refractivity contribution in [1.82, 2.24) is 4.90 Å². The molecule has 102 valence electrons. The Hall–Kier alpha value is -1.06. The number of likely N-dealkylation sites (N-methyl/N-ethyl adjacent to an activating group) is 1. The Bertz CT molecular complexity index is 333. The lowest BCUT2D eigenvalue weighted by molar-refractivity contribution is 0.277. The van der Waals surface area contributed by atoms with Gasteiger partial charge in [-0.15, -0.1) is 0 Å². The molecule has 3 heteroatoms. The van der Waals surface area contributed by atoms with Crippen molar-refractivity contribution in [2.24, 2.45) is 5.73 Å². The van der Waals surface area contributed by atoms with E-state index in [-0.39, 0.29) is 6.04 Å². The summed E-state index contributed by atoms with van der Waals surface area (Å²) in [7, 11) is 4.07. The molecule has 18 heavy (non-hydrogen) atoms. The third-order valence-electron chi connectivity index (χ3n) is 2.90. The van der Waals surface area contributed by atoms with Gasteiger partial charge in [-0.3, -0.25) is 0 Å². The summed E-state index contributed by atoms with van der Waals surface area (Å²) in [6.45, 7) is 5.96. The van der Waals surface area contributed by atoms with Crippen LogP contribution in [0.4, 0.5) is 0 Å². The number of hydrogen-bond acceptors (Lipinski definition) is 3. The number of benzene rings is 1. The van der Waals surface area contributed by atoms with Gasteiger partial charge < -0.3 is 15.4 Å². The van der Waals surface area contributed by atoms with Gasteiger partial charge in [-0.25, -0.2) is 0 Å². The summed E-state index contributed by atoms with van der Waals surface area (Å²) in [5.74, 6) is 1.49. The van der Waals surface area contributed by atoms with E-state index in [4.69, 9.17) is 10.5 Å². The Labute approximate surface area is 111 Å². The zero-order valence-electron chi connectivity index (χ0n) is 12.0. The topological polar surface area (TPSA) is 38.5 Å². The largest absolute Gasteiger partial charge is 0.494 e. The Balaban J connectivity index is 2.31. The van der Waals surface area contributed by atoms with Gasteiger partial charge in [0.15, 0.2) is 0 Å². The van der Waals surface area contributed by atoms with Gasteiger partial charge in [-0.05, 0) is 44.1 Å². The summed E-state index contributed by atoms with van der Waals surface area (Å²) >= 11 is 0. The van der Waals surface area contributed by atoms with Crippen LogP contribution in [0, 0.1) is 0 Å². The predicted octanol–water partition coefficient (Wildman–Crippen LogP) is 2.47. The van der Waals surface area contributed by atoms with Gasteiger partial charge in [0, 0.05) is 12.6 Å². The molecule has 3 nitrogen and oxygen atoms in total. The maximum Gasteiger partial charge on any atom is 0.119 e. The molecular weight excluding hydrogens is 224 g/mol. The SMILES string of the molecule is CC(C)c1ccc(OCCC(N)CN(C)C)cc1. The summed E-state index contributed by atoms with van der Waals surface area (Å²) in [5.41, 5.74) is 7.32. The van der Waals surface area contributed by atoms with Crippen molar-refractivity contribution in [3.8, 4) is 5.75 Å². The van der Waals surface area contributed by atoms with E-state index in [2.05, 4.69) is 30.9 Å². The zero-order valence-corrected chi connectivity index (χ0v) is 12.0. The van der Waals surface area contributed by atoms with Gasteiger partial charge >= 0.3 is 0 Å². The average Bonchev–Trinajstić information content (AvgIpc) is 2.28. The van der Waals surface area contributed by atoms with Crippen LogP contribution in [-0.4, -0.2) is 38.2 Å². The van der Waals surface area contributed by atoms with E-state index >= 15 is 0 Å². The minimum atomic E-state index is 0.176. The first kappa shape index (κ1) is 15.0. The molecule has 0 saturated heterocycles. The lowest BCUT2D eigenvalue weighted by Crippen LogP contribution is -2.34. The molecule has 2 N–H and O–H groups in total. The van der Waals surface area contributed by atoms with Gasteiger partial charge in [0.2, 0.25) is 0 Å². The molecule has 0 bridgehead atoms. The highest BCUT2D eigenvalue weighted by Crippen LogP contribution is 2.18. The molecule has 0 aromatic heterocycles. The van der Waals surface area contributed by atoms with Crippen LogP contribution < -0.4 is 10.5 Å². The fourth-order valence-electron chi connectivity index (χ4n) is 1.84. The summed E-state index contributed by atoms with van der Waals surface area (Å²) in [6, 6.07) is 8.49. The Kier molecular flexibility index (Phi) is 6.16. The zero-order chi connectivity index (χ0) is 13.5. The molecule has 0 amide bonds. The van der Waals surface area contributed by atoms with Gasteiger partial charge in [0.25, 0.3) is 0 Å². The molecule has 0 saturated carbocycles. The molecule has 1 atom stereocenters. The second kappa shape index (κ2) is 7.39. The normalized spacial score (nSPS) is 13.1. The summed E-state index contributed by atoms with van der Waals surface area (Å²) < 4.78 is 5.69. The van der Waals surface area contributed by atoms with Crippen LogP contribution in [0.25, 0.3) is 0 Å². The standard InChI is InChI=1S/C15H26N2O/c1-12(2)13-5-7-15(8-6-13)18-10-9-14(16)11-17(3)4/h5-8,12,14H,9-11,16H2,1-4H3. The summed E-state index contributed by atoms with van der Waals surface area (Å²) in [5, 5.41) is 0. The molecular formula is C15H26N2O. The van der Waals surface area contributed by atoms with Gasteiger partial charge in [-0.1, -0.05) is 26.0 Å². The van der Waals surface area contributed by atoms with E-state index in [0.29, 0.717) is 12.5 Å². The fraction of sp³-hybridized carbons (Fsp3) is 0.600. The van der Waals surface area contributed by atoms with Crippen molar-refractivity contribution >= 4 is 0 Å². The monoisotopic (exact) mass is 250 g/mol. The highest BCUT2D eigenvalue weighted by molar-refractivity contribution is 5.28. The first-order valence-electron chi connectivity index (χ1n) is 6.62. The molecule has 0 aliphatic rings. The van der Waals surface area contributed by atoms with Crippen molar-refractivity contribution in [1.29, 1.82) is 0 Å². The highest BCUT2D eigenvalue weighted by Gasteiger charge is 2.04. The van der Waals surface area contributed by atoms with Crippen LogP contribution in [0.5, 0.6) is 5.75 Å². The molecule has 0 radical (unpaired) electrons. The molecule has 1 unspecified atom stereocenters. The number of hydrogen-bond donors (Lipinski definition) is 1. The Morgan fingerprint density at radius 2 is 1.78 bits per heavy atom. The van der Waals surface area contributed by atoms with E-state index in [9.17, 15) is 0 Å². The van der Waals surface area contributed by atoms with E-state index < -0.39 is 0 Å². The van der Waals surface area contributed by atoms with Crippen LogP contribution in [0.1, 0.15) is 31.7 Å². The van der Waals surface area contributed by atoms with Gasteiger partial charge in [0.1, 0.15) is 5.75 Å². The minimum absolute atomic E-state index is 0.176. The molecule has 0 fully saturated rings. The predicted molar refractivity (Wildman–Crippen MR) is 77.2 cm³/mol. The fourth-order valence-corrected chi connectivity index (χ4v) is 1.84. The lowest BCUT2D eigenvalue weighted by atomic mass is 10.0. The lowest BCUT2D eigenvalue weighted by Gasteiger charge is -2.17. The molecule has 0 heterocycles. The number of rotatable bonds is 7. The van der Waals surface area contributed by atoms with Crippen molar-refractivity contribution in [2.75, 3.05) is 27.2 Å². The van der Waals surface area contributed by atoms with Crippen molar-refractivity contribution in [3.05, 3.63) is 29.8 Å². The molecule has 1 rings (SSSR count). The van der Waals surface area contributed by atoms with Crippen molar-refractivity contribution < 1.29 is 4.74 Å². The first-order valence-corrected chi connectivity index (χ1v) is 6.62. The molecule has 0 aliphatic carbocycles. The van der Waals surface area contributed by atoms with Crippen LogP contribution in [0.15, 0.2) is 24.3 Å². The molecule has 1 aromatic carbocycles. The van der Waals surface area contributed by atoms with Crippen LogP contribution >= 0.6 is 0 Å². The van der Waals surface area contributed by atoms with E-state index in [1.807, 2.05) is 26.2 Å². The van der Waals surface area contributed by atoms with Crippen LogP contribution in [-0.2, 0) is 0 Å². The highest BCUT2D eigenvalue weighted by atomic mass is 16.5. The third-order valence-corrected chi connectivity index (χ3v) is 2.90. The number of nitrogens with zero attached hydrogens (tertiary/aromatic N) is 1. The second-order valence-electron chi connectivity index (χ2n) is 5.38. The van der Waals surface area contributed by atoms with E-state index in [0.717, 1.165) is 18.7 Å². The maximum atomic E-state index is 5.98. The molecule has 0 aliphatic heterocycles. The first-order chi connectivity index (χ1) is 8.49. The van der Waals surface area contributed by atoms with Crippen molar-refractivity contribution in [2.45, 2.75) is 32.2 Å². The van der Waals surface area contributed by atoms with Gasteiger partial charge in [0.05, 0.1) is 6.61 Å². The third kappa shape index (κ3) is 5.52. The summed E-state index contributed by atoms with van der Waals surface area (Å²) in [4.78, 5) is 2.10. The quantitative estimate of drug-likeness (QED) is 0.808. The Morgan fingerprint density at radius 3 is 2.28 bits per heavy atom. The molecule has 0 spiro atoms. The van der Waals surface area contributed by atoms with Crippen LogP contribution in [0.3, 0.4) is 0 Å². The van der Waals surface area contributed by atoms with E-state index in [1.54, 1.807) is 0 Å². The second-order valence-corrected chi connectivity index (χ2v) is 5.38.